The molecule has 0 aliphatic carbocycles. The van der Waals surface area contributed by atoms with Crippen LogP contribution in [0.2, 0.25) is 0 Å². The van der Waals surface area contributed by atoms with E-state index < -0.39 is 0 Å². The number of hydrogen-bond acceptors (Lipinski definition) is 4. The summed E-state index contributed by atoms with van der Waals surface area (Å²) in [6, 6.07) is 19.1. The first-order valence-corrected chi connectivity index (χ1v) is 8.27. The fraction of sp³-hybridized carbons (Fsp3) is 0.250. The molecule has 2 atom stereocenters. The minimum Gasteiger partial charge on any atom is -0.459 e. The molecule has 1 aromatic heterocycles. The van der Waals surface area contributed by atoms with Crippen molar-refractivity contribution >= 4 is 16.9 Å². The molecular weight excluding hydrogens is 316 g/mol. The molecule has 1 heterocycles. The van der Waals surface area contributed by atoms with Crippen LogP contribution in [0.1, 0.15) is 23.8 Å². The number of para-hydroxylation sites is 1. The molecular formula is C20H22N2O3. The van der Waals surface area contributed by atoms with Gasteiger partial charge in [-0.1, -0.05) is 48.5 Å². The number of fused-ring (bicyclic) bond motifs is 1. The van der Waals surface area contributed by atoms with Gasteiger partial charge in [-0.3, -0.25) is 4.79 Å². The molecule has 0 fully saturated rings. The summed E-state index contributed by atoms with van der Waals surface area (Å²) in [5.74, 6) is 0.564. The van der Waals surface area contributed by atoms with Crippen molar-refractivity contribution in [1.82, 2.24) is 5.32 Å². The lowest BCUT2D eigenvalue weighted by atomic mass is 10.0. The lowest BCUT2D eigenvalue weighted by Gasteiger charge is -2.19. The van der Waals surface area contributed by atoms with Gasteiger partial charge in [0.25, 0.3) is 0 Å². The molecule has 25 heavy (non-hydrogen) atoms. The summed E-state index contributed by atoms with van der Waals surface area (Å²) >= 11 is 0. The second kappa shape index (κ2) is 7.96. The quantitative estimate of drug-likeness (QED) is 0.694. The molecule has 0 radical (unpaired) electrons. The molecule has 3 aromatic rings. The second-order valence-electron chi connectivity index (χ2n) is 5.90. The molecule has 5 nitrogen and oxygen atoms in total. The zero-order chi connectivity index (χ0) is 17.6. The molecule has 5 heteroatoms. The maximum absolute atomic E-state index is 12.5. The average Bonchev–Trinajstić information content (AvgIpc) is 3.08. The predicted molar refractivity (Wildman–Crippen MR) is 97.1 cm³/mol. The van der Waals surface area contributed by atoms with E-state index in [1.54, 1.807) is 7.11 Å². The van der Waals surface area contributed by atoms with Gasteiger partial charge in [0.05, 0.1) is 12.5 Å². The molecule has 0 saturated carbocycles. The number of amides is 1. The highest BCUT2D eigenvalue weighted by atomic mass is 16.5. The molecule has 0 aliphatic rings. The van der Waals surface area contributed by atoms with Crippen LogP contribution < -0.4 is 11.1 Å². The Bertz CT molecular complexity index is 792. The fourth-order valence-corrected chi connectivity index (χ4v) is 2.80. The monoisotopic (exact) mass is 338 g/mol. The summed E-state index contributed by atoms with van der Waals surface area (Å²) in [7, 11) is 1.55. The van der Waals surface area contributed by atoms with Crippen molar-refractivity contribution in [2.75, 3.05) is 13.7 Å². The van der Waals surface area contributed by atoms with Crippen LogP contribution in [0, 0.1) is 0 Å². The number of carbonyl (C=O) groups is 1. The van der Waals surface area contributed by atoms with Crippen LogP contribution in [-0.2, 0) is 9.53 Å². The summed E-state index contributed by atoms with van der Waals surface area (Å²) in [6.07, 6.45) is -0.0941. The maximum atomic E-state index is 12.5. The van der Waals surface area contributed by atoms with E-state index in [1.807, 2.05) is 60.7 Å². The van der Waals surface area contributed by atoms with Crippen LogP contribution in [0.25, 0.3) is 11.0 Å². The summed E-state index contributed by atoms with van der Waals surface area (Å²) in [6.45, 7) is 0.296. The van der Waals surface area contributed by atoms with E-state index in [0.717, 1.165) is 16.5 Å². The van der Waals surface area contributed by atoms with Gasteiger partial charge < -0.3 is 20.2 Å². The van der Waals surface area contributed by atoms with Crippen LogP contribution in [0.4, 0.5) is 0 Å². The molecule has 3 N–H and O–H groups in total. The number of nitrogens with one attached hydrogen (secondary N) is 1. The first-order chi connectivity index (χ1) is 12.2. The van der Waals surface area contributed by atoms with Crippen molar-refractivity contribution < 1.29 is 13.9 Å². The van der Waals surface area contributed by atoms with E-state index in [0.29, 0.717) is 12.3 Å². The standard InChI is InChI=1S/C20H22N2O3/c1-24-16(13-21)12-19(23)22-20(14-7-3-2-4-8-14)18-11-15-9-5-6-10-17(15)25-18/h2-11,16,20H,12-13,21H2,1H3,(H,22,23). The molecule has 0 saturated heterocycles. The van der Waals surface area contributed by atoms with E-state index in [4.69, 9.17) is 14.9 Å². The second-order valence-corrected chi connectivity index (χ2v) is 5.90. The summed E-state index contributed by atoms with van der Waals surface area (Å²) < 4.78 is 11.2. The highest BCUT2D eigenvalue weighted by Crippen LogP contribution is 2.28. The highest BCUT2D eigenvalue weighted by molar-refractivity contribution is 5.80. The minimum absolute atomic E-state index is 0.133. The Kier molecular flexibility index (Phi) is 5.48. The Morgan fingerprint density at radius 2 is 1.88 bits per heavy atom. The molecule has 2 aromatic carbocycles. The van der Waals surface area contributed by atoms with Crippen LogP contribution in [0.5, 0.6) is 0 Å². The zero-order valence-electron chi connectivity index (χ0n) is 14.1. The molecule has 130 valence electrons. The van der Waals surface area contributed by atoms with Crippen LogP contribution in [-0.4, -0.2) is 25.7 Å². The van der Waals surface area contributed by atoms with Crippen molar-refractivity contribution in [1.29, 1.82) is 0 Å². The number of benzene rings is 2. The van der Waals surface area contributed by atoms with Crippen molar-refractivity contribution in [2.45, 2.75) is 18.6 Å². The van der Waals surface area contributed by atoms with Crippen molar-refractivity contribution in [3.8, 4) is 0 Å². The smallest absolute Gasteiger partial charge is 0.223 e. The SMILES string of the molecule is COC(CN)CC(=O)NC(c1ccccc1)c1cc2ccccc2o1. The highest BCUT2D eigenvalue weighted by Gasteiger charge is 2.22. The number of hydrogen-bond donors (Lipinski definition) is 2. The molecule has 3 rings (SSSR count). The van der Waals surface area contributed by atoms with Crippen molar-refractivity contribution in [3.63, 3.8) is 0 Å². The van der Waals surface area contributed by atoms with Gasteiger partial charge in [0.1, 0.15) is 17.4 Å². The lowest BCUT2D eigenvalue weighted by Crippen LogP contribution is -2.34. The number of furan rings is 1. The zero-order valence-corrected chi connectivity index (χ0v) is 14.1. The Morgan fingerprint density at radius 1 is 1.16 bits per heavy atom. The van der Waals surface area contributed by atoms with Crippen molar-refractivity contribution in [2.24, 2.45) is 5.73 Å². The van der Waals surface area contributed by atoms with Gasteiger partial charge in [-0.05, 0) is 17.7 Å². The van der Waals surface area contributed by atoms with Gasteiger partial charge in [0, 0.05) is 19.0 Å². The maximum Gasteiger partial charge on any atom is 0.223 e. The van der Waals surface area contributed by atoms with Gasteiger partial charge in [-0.2, -0.15) is 0 Å². The number of ether oxygens (including phenoxy) is 1. The first-order valence-electron chi connectivity index (χ1n) is 8.27. The van der Waals surface area contributed by atoms with Gasteiger partial charge in [-0.15, -0.1) is 0 Å². The Balaban J connectivity index is 1.89. The van der Waals surface area contributed by atoms with Crippen molar-refractivity contribution in [3.05, 3.63) is 72.0 Å². The Labute approximate surface area is 146 Å². The van der Waals surface area contributed by atoms with E-state index in [1.165, 1.54) is 0 Å². The van der Waals surface area contributed by atoms with Gasteiger partial charge in [-0.25, -0.2) is 0 Å². The molecule has 0 aliphatic heterocycles. The summed E-state index contributed by atoms with van der Waals surface area (Å²) in [5.41, 5.74) is 7.36. The summed E-state index contributed by atoms with van der Waals surface area (Å²) in [4.78, 5) is 12.5. The molecule has 0 spiro atoms. The average molecular weight is 338 g/mol. The van der Waals surface area contributed by atoms with Crippen LogP contribution >= 0.6 is 0 Å². The Morgan fingerprint density at radius 3 is 2.56 bits per heavy atom. The van der Waals surface area contributed by atoms with Crippen LogP contribution in [0.3, 0.4) is 0 Å². The first kappa shape index (κ1) is 17.2. The normalized spacial score (nSPS) is 13.5. The van der Waals surface area contributed by atoms with E-state index in [9.17, 15) is 4.79 Å². The fourth-order valence-electron chi connectivity index (χ4n) is 2.80. The third-order valence-corrected chi connectivity index (χ3v) is 4.18. The number of nitrogens with two attached hydrogens (primary N) is 1. The molecule has 1 amide bonds. The van der Waals surface area contributed by atoms with E-state index >= 15 is 0 Å². The largest absolute Gasteiger partial charge is 0.459 e. The summed E-state index contributed by atoms with van der Waals surface area (Å²) in [5, 5.41) is 4.05. The third-order valence-electron chi connectivity index (χ3n) is 4.18. The van der Waals surface area contributed by atoms with Gasteiger partial charge in [0.2, 0.25) is 5.91 Å². The molecule has 2 unspecified atom stereocenters. The number of carbonyl (C=O) groups excluding carboxylic acids is 1. The minimum atomic E-state index is -0.364. The topological polar surface area (TPSA) is 77.5 Å². The predicted octanol–water partition coefficient (Wildman–Crippen LogP) is 3.00. The molecule has 0 bridgehead atoms. The number of methoxy groups -OCH3 is 1. The van der Waals surface area contributed by atoms with Gasteiger partial charge in [0.15, 0.2) is 0 Å². The third kappa shape index (κ3) is 4.07. The van der Waals surface area contributed by atoms with Crippen LogP contribution in [0.15, 0.2) is 65.1 Å². The number of rotatable bonds is 7. The van der Waals surface area contributed by atoms with E-state index in [-0.39, 0.29) is 24.5 Å². The lowest BCUT2D eigenvalue weighted by molar-refractivity contribution is -0.124. The van der Waals surface area contributed by atoms with Gasteiger partial charge >= 0.3 is 0 Å². The Hall–Kier alpha value is -2.63. The van der Waals surface area contributed by atoms with E-state index in [2.05, 4.69) is 5.32 Å².